The summed E-state index contributed by atoms with van der Waals surface area (Å²) < 4.78 is 0. The maximum atomic E-state index is 10.2. The van der Waals surface area contributed by atoms with Crippen LogP contribution in [0.15, 0.2) is 0 Å². The van der Waals surface area contributed by atoms with Crippen LogP contribution < -0.4 is 4.90 Å². The van der Waals surface area contributed by atoms with Gasteiger partial charge in [0, 0.05) is 0 Å². The Morgan fingerprint density at radius 3 is 1.91 bits per heavy atom. The molecule has 0 amide bonds. The van der Waals surface area contributed by atoms with Gasteiger partial charge in [-0.15, -0.1) is 0 Å². The highest BCUT2D eigenvalue weighted by atomic mass is 16.4. The molecule has 0 fully saturated rings. The quantitative estimate of drug-likeness (QED) is 0.336. The van der Waals surface area contributed by atoms with Crippen LogP contribution in [0.25, 0.3) is 0 Å². The number of aliphatic hydroxyl groups excluding tert-OH is 2. The molecule has 5 heteroatoms. The van der Waals surface area contributed by atoms with Crippen LogP contribution in [0.3, 0.4) is 0 Å². The molecule has 0 bridgehead atoms. The van der Waals surface area contributed by atoms with Gasteiger partial charge in [0.05, 0.1) is 13.2 Å². The monoisotopic (exact) mass is 164 g/mol. The van der Waals surface area contributed by atoms with E-state index in [1.165, 1.54) is 0 Å². The number of hydrogen-bond acceptors (Lipinski definition) is 3. The first kappa shape index (κ1) is 10.3. The van der Waals surface area contributed by atoms with Crippen LogP contribution in [0.1, 0.15) is 0 Å². The predicted molar refractivity (Wildman–Crippen MR) is 37.4 cm³/mol. The Bertz CT molecular complexity index is 111. The molecule has 0 aliphatic rings. The minimum Gasteiger partial charge on any atom is -0.477 e. The normalized spacial score (nSPS) is 10.5. The number of nitrogens with one attached hydrogen (secondary N) is 1. The first-order valence-electron chi connectivity index (χ1n) is 3.47. The molecule has 11 heavy (non-hydrogen) atoms. The van der Waals surface area contributed by atoms with Crippen molar-refractivity contribution in [2.75, 3.05) is 32.8 Å². The van der Waals surface area contributed by atoms with E-state index in [0.29, 0.717) is 18.0 Å². The van der Waals surface area contributed by atoms with Crippen molar-refractivity contribution in [2.45, 2.75) is 0 Å². The van der Waals surface area contributed by atoms with Crippen LogP contribution >= 0.6 is 0 Å². The van der Waals surface area contributed by atoms with Crippen molar-refractivity contribution in [1.82, 2.24) is 0 Å². The summed E-state index contributed by atoms with van der Waals surface area (Å²) in [4.78, 5) is 10.9. The van der Waals surface area contributed by atoms with Gasteiger partial charge < -0.3 is 20.2 Å². The van der Waals surface area contributed by atoms with Gasteiger partial charge in [0.15, 0.2) is 6.54 Å². The van der Waals surface area contributed by atoms with Gasteiger partial charge in [0.25, 0.3) is 0 Å². The van der Waals surface area contributed by atoms with Crippen molar-refractivity contribution in [3.63, 3.8) is 0 Å². The summed E-state index contributed by atoms with van der Waals surface area (Å²) in [5.74, 6) is -0.915. The van der Waals surface area contributed by atoms with E-state index in [1.54, 1.807) is 0 Å². The molecule has 0 aromatic carbocycles. The lowest BCUT2D eigenvalue weighted by molar-refractivity contribution is -0.893. The minimum absolute atomic E-state index is 0.0530. The topological polar surface area (TPSA) is 82.2 Å². The summed E-state index contributed by atoms with van der Waals surface area (Å²) in [6.45, 7) is 0.575. The van der Waals surface area contributed by atoms with E-state index < -0.39 is 5.97 Å². The second kappa shape index (κ2) is 6.09. The van der Waals surface area contributed by atoms with Gasteiger partial charge in [-0.05, 0) is 0 Å². The second-order valence-corrected chi connectivity index (χ2v) is 2.27. The van der Waals surface area contributed by atoms with Crippen molar-refractivity contribution < 1.29 is 25.0 Å². The Kier molecular flexibility index (Phi) is 5.73. The summed E-state index contributed by atoms with van der Waals surface area (Å²) in [6.07, 6.45) is 0. The highest BCUT2D eigenvalue weighted by Crippen LogP contribution is 1.56. The third-order valence-corrected chi connectivity index (χ3v) is 1.33. The molecule has 5 nitrogen and oxygen atoms in total. The molecule has 0 rings (SSSR count). The number of carboxylic acid groups (broad SMARTS) is 1. The smallest absolute Gasteiger partial charge is 0.359 e. The van der Waals surface area contributed by atoms with Crippen molar-refractivity contribution in [3.8, 4) is 0 Å². The highest BCUT2D eigenvalue weighted by molar-refractivity contribution is 5.67. The maximum Gasteiger partial charge on any atom is 0.359 e. The lowest BCUT2D eigenvalue weighted by atomic mass is 10.4. The van der Waals surface area contributed by atoms with Gasteiger partial charge in [-0.3, -0.25) is 0 Å². The summed E-state index contributed by atoms with van der Waals surface area (Å²) in [7, 11) is 0. The SMILES string of the molecule is O=C(O)C[NH+](CCO)CCO. The van der Waals surface area contributed by atoms with Crippen LogP contribution in [0.5, 0.6) is 0 Å². The lowest BCUT2D eigenvalue weighted by Crippen LogP contribution is -3.13. The number of aliphatic carboxylic acids is 1. The largest absolute Gasteiger partial charge is 0.477 e. The van der Waals surface area contributed by atoms with Gasteiger partial charge in [-0.2, -0.15) is 0 Å². The molecule has 0 aromatic heterocycles. The highest BCUT2D eigenvalue weighted by Gasteiger charge is 2.10. The molecule has 0 aromatic rings. The summed E-state index contributed by atoms with van der Waals surface area (Å²) in [6, 6.07) is 0. The standard InChI is InChI=1S/C6H13NO4/c8-3-1-7(2-4-9)5-6(10)11/h8-9H,1-5H2,(H,10,11)/p+1. The van der Waals surface area contributed by atoms with E-state index in [4.69, 9.17) is 15.3 Å². The Morgan fingerprint density at radius 1 is 1.18 bits per heavy atom. The Labute approximate surface area is 64.9 Å². The fraction of sp³-hybridized carbons (Fsp3) is 0.833. The molecule has 0 spiro atoms. The van der Waals surface area contributed by atoms with Crippen molar-refractivity contribution in [2.24, 2.45) is 0 Å². The van der Waals surface area contributed by atoms with Gasteiger partial charge in [0.1, 0.15) is 13.1 Å². The van der Waals surface area contributed by atoms with Gasteiger partial charge in [0.2, 0.25) is 0 Å². The summed E-state index contributed by atoms with van der Waals surface area (Å²) in [5, 5.41) is 25.3. The summed E-state index contributed by atoms with van der Waals surface area (Å²) >= 11 is 0. The fourth-order valence-corrected chi connectivity index (χ4v) is 0.832. The maximum absolute atomic E-state index is 10.2. The zero-order valence-electron chi connectivity index (χ0n) is 6.29. The molecule has 66 valence electrons. The molecule has 0 aliphatic carbocycles. The van der Waals surface area contributed by atoms with E-state index in [-0.39, 0.29) is 19.8 Å². The van der Waals surface area contributed by atoms with Gasteiger partial charge >= 0.3 is 5.97 Å². The number of rotatable bonds is 6. The van der Waals surface area contributed by atoms with E-state index in [9.17, 15) is 4.79 Å². The lowest BCUT2D eigenvalue weighted by Gasteiger charge is -2.13. The average Bonchev–Trinajstić information content (AvgIpc) is 1.87. The van der Waals surface area contributed by atoms with Crippen LogP contribution in [-0.2, 0) is 4.79 Å². The molecule has 0 radical (unpaired) electrons. The average molecular weight is 164 g/mol. The van der Waals surface area contributed by atoms with Crippen molar-refractivity contribution >= 4 is 5.97 Å². The molecular weight excluding hydrogens is 150 g/mol. The molecule has 0 saturated carbocycles. The Balaban J connectivity index is 3.59. The van der Waals surface area contributed by atoms with Gasteiger partial charge in [-0.1, -0.05) is 0 Å². The number of carbonyl (C=O) groups is 1. The zero-order chi connectivity index (χ0) is 8.69. The molecule has 0 saturated heterocycles. The minimum atomic E-state index is -0.915. The van der Waals surface area contributed by atoms with E-state index in [1.807, 2.05) is 0 Å². The van der Waals surface area contributed by atoms with Crippen LogP contribution in [0, 0.1) is 0 Å². The Morgan fingerprint density at radius 2 is 1.64 bits per heavy atom. The number of quaternary nitrogens is 1. The predicted octanol–water partition coefficient (Wildman–Crippen LogP) is -3.06. The van der Waals surface area contributed by atoms with Gasteiger partial charge in [-0.25, -0.2) is 4.79 Å². The fourth-order valence-electron chi connectivity index (χ4n) is 0.832. The van der Waals surface area contributed by atoms with E-state index in [0.717, 1.165) is 0 Å². The van der Waals surface area contributed by atoms with E-state index in [2.05, 4.69) is 0 Å². The van der Waals surface area contributed by atoms with Crippen molar-refractivity contribution in [3.05, 3.63) is 0 Å². The first-order chi connectivity index (χ1) is 5.20. The molecule has 0 aliphatic heterocycles. The third-order valence-electron chi connectivity index (χ3n) is 1.33. The molecule has 0 unspecified atom stereocenters. The molecule has 0 atom stereocenters. The van der Waals surface area contributed by atoms with Crippen LogP contribution in [-0.4, -0.2) is 54.1 Å². The number of hydrogen-bond donors (Lipinski definition) is 4. The van der Waals surface area contributed by atoms with Crippen LogP contribution in [0.4, 0.5) is 0 Å². The zero-order valence-corrected chi connectivity index (χ0v) is 6.29. The second-order valence-electron chi connectivity index (χ2n) is 2.27. The Hall–Kier alpha value is -0.650. The van der Waals surface area contributed by atoms with E-state index >= 15 is 0 Å². The molecule has 4 N–H and O–H groups in total. The summed E-state index contributed by atoms with van der Waals surface area (Å²) in [5.41, 5.74) is 0. The molecule has 0 heterocycles. The number of carboxylic acids is 1. The first-order valence-corrected chi connectivity index (χ1v) is 3.47. The molecular formula is C6H14NO4+. The van der Waals surface area contributed by atoms with Crippen LogP contribution in [0.2, 0.25) is 0 Å². The van der Waals surface area contributed by atoms with Crippen molar-refractivity contribution in [1.29, 1.82) is 0 Å². The third kappa shape index (κ3) is 5.78. The number of aliphatic hydroxyl groups is 2.